The molecule has 118 valence electrons. The summed E-state index contributed by atoms with van der Waals surface area (Å²) in [6, 6.07) is 4.54. The van der Waals surface area contributed by atoms with Crippen molar-refractivity contribution in [1.29, 1.82) is 0 Å². The van der Waals surface area contributed by atoms with Crippen molar-refractivity contribution in [2.45, 2.75) is 52.0 Å². The topological polar surface area (TPSA) is 37.4 Å². The van der Waals surface area contributed by atoms with E-state index in [0.717, 1.165) is 44.2 Å². The number of ether oxygens (including phenoxy) is 1. The molecule has 1 aromatic rings. The average molecular weight is 291 g/mol. The van der Waals surface area contributed by atoms with Crippen molar-refractivity contribution in [2.75, 3.05) is 31.1 Å². The fourth-order valence-corrected chi connectivity index (χ4v) is 2.86. The van der Waals surface area contributed by atoms with Crippen LogP contribution in [-0.2, 0) is 0 Å². The predicted molar refractivity (Wildman–Crippen MR) is 88.2 cm³/mol. The molecule has 2 heterocycles. The van der Waals surface area contributed by atoms with Gasteiger partial charge >= 0.3 is 0 Å². The van der Waals surface area contributed by atoms with Gasteiger partial charge in [-0.3, -0.25) is 0 Å². The van der Waals surface area contributed by atoms with Gasteiger partial charge in [-0.25, -0.2) is 4.98 Å². The van der Waals surface area contributed by atoms with E-state index >= 15 is 0 Å². The molecule has 1 aromatic heterocycles. The van der Waals surface area contributed by atoms with E-state index in [1.54, 1.807) is 0 Å². The Hall–Kier alpha value is -1.29. The lowest BCUT2D eigenvalue weighted by Gasteiger charge is -2.37. The van der Waals surface area contributed by atoms with Gasteiger partial charge in [-0.1, -0.05) is 13.8 Å². The summed E-state index contributed by atoms with van der Waals surface area (Å²) in [6.07, 6.45) is 7.87. The molecular weight excluding hydrogens is 262 g/mol. The first kappa shape index (κ1) is 16.1. The molecule has 0 spiro atoms. The molecule has 1 fully saturated rings. The first-order valence-electron chi connectivity index (χ1n) is 8.42. The zero-order valence-corrected chi connectivity index (χ0v) is 13.5. The van der Waals surface area contributed by atoms with Gasteiger partial charge < -0.3 is 15.0 Å². The quantitative estimate of drug-likeness (QED) is 0.746. The second kappa shape index (κ2) is 8.88. The Labute approximate surface area is 128 Å². The second-order valence-corrected chi connectivity index (χ2v) is 5.72. The van der Waals surface area contributed by atoms with E-state index in [-0.39, 0.29) is 0 Å². The van der Waals surface area contributed by atoms with E-state index in [4.69, 9.17) is 4.74 Å². The molecule has 1 aliphatic rings. The minimum atomic E-state index is 0.532. The van der Waals surface area contributed by atoms with Crippen LogP contribution in [0.25, 0.3) is 0 Å². The van der Waals surface area contributed by atoms with Crippen LogP contribution in [0, 0.1) is 0 Å². The number of rotatable bonds is 8. The molecule has 21 heavy (non-hydrogen) atoms. The number of hydrogen-bond acceptors (Lipinski definition) is 4. The van der Waals surface area contributed by atoms with Gasteiger partial charge in [-0.2, -0.15) is 0 Å². The maximum Gasteiger partial charge on any atom is 0.171 e. The van der Waals surface area contributed by atoms with E-state index < -0.39 is 0 Å². The number of pyridine rings is 1. The third-order valence-electron chi connectivity index (χ3n) is 3.92. The average Bonchev–Trinajstić information content (AvgIpc) is 2.54. The summed E-state index contributed by atoms with van der Waals surface area (Å²) in [5.74, 6) is 1.95. The van der Waals surface area contributed by atoms with Crippen molar-refractivity contribution >= 4 is 5.82 Å². The lowest BCUT2D eigenvalue weighted by molar-refractivity contribution is 0.313. The van der Waals surface area contributed by atoms with Crippen LogP contribution in [0.4, 0.5) is 5.82 Å². The van der Waals surface area contributed by atoms with E-state index in [1.165, 1.54) is 25.7 Å². The molecule has 1 unspecified atom stereocenters. The molecule has 0 radical (unpaired) electrons. The number of nitrogens with one attached hydrogen (secondary N) is 1. The highest BCUT2D eigenvalue weighted by Gasteiger charge is 2.25. The lowest BCUT2D eigenvalue weighted by Crippen LogP contribution is -2.46. The lowest BCUT2D eigenvalue weighted by atomic mass is 10.0. The number of aromatic nitrogens is 1. The van der Waals surface area contributed by atoms with Crippen LogP contribution >= 0.6 is 0 Å². The fourth-order valence-electron chi connectivity index (χ4n) is 2.86. The summed E-state index contributed by atoms with van der Waals surface area (Å²) in [5.41, 5.74) is 0. The third kappa shape index (κ3) is 4.60. The van der Waals surface area contributed by atoms with E-state index in [0.29, 0.717) is 6.04 Å². The first-order chi connectivity index (χ1) is 10.4. The Kier molecular flexibility index (Phi) is 6.80. The van der Waals surface area contributed by atoms with Crippen LogP contribution in [0.5, 0.6) is 5.75 Å². The molecule has 0 amide bonds. The van der Waals surface area contributed by atoms with Gasteiger partial charge in [0.1, 0.15) is 0 Å². The predicted octanol–water partition coefficient (Wildman–Crippen LogP) is 3.23. The molecule has 1 saturated heterocycles. The Morgan fingerprint density at radius 1 is 1.33 bits per heavy atom. The van der Waals surface area contributed by atoms with Gasteiger partial charge in [-0.05, 0) is 50.8 Å². The third-order valence-corrected chi connectivity index (χ3v) is 3.92. The molecule has 4 nitrogen and oxygen atoms in total. The molecule has 0 aliphatic carbocycles. The zero-order valence-electron chi connectivity index (χ0n) is 13.5. The highest BCUT2D eigenvalue weighted by atomic mass is 16.5. The van der Waals surface area contributed by atoms with Gasteiger partial charge in [-0.15, -0.1) is 0 Å². The SMILES string of the molecule is CCCNCC1CCCCN1c1ncccc1OCCC. The van der Waals surface area contributed by atoms with Crippen molar-refractivity contribution in [3.8, 4) is 5.75 Å². The monoisotopic (exact) mass is 291 g/mol. The Balaban J connectivity index is 2.09. The Morgan fingerprint density at radius 2 is 2.24 bits per heavy atom. The summed E-state index contributed by atoms with van der Waals surface area (Å²) in [5, 5.41) is 3.56. The van der Waals surface area contributed by atoms with Crippen LogP contribution in [0.2, 0.25) is 0 Å². The van der Waals surface area contributed by atoms with Gasteiger partial charge in [0.2, 0.25) is 0 Å². The van der Waals surface area contributed by atoms with Gasteiger partial charge in [0.05, 0.1) is 6.61 Å². The van der Waals surface area contributed by atoms with Crippen LogP contribution in [-0.4, -0.2) is 37.3 Å². The van der Waals surface area contributed by atoms with Crippen LogP contribution in [0.15, 0.2) is 18.3 Å². The molecule has 2 rings (SSSR count). The van der Waals surface area contributed by atoms with Crippen LogP contribution in [0.1, 0.15) is 46.0 Å². The smallest absolute Gasteiger partial charge is 0.171 e. The Morgan fingerprint density at radius 3 is 3.05 bits per heavy atom. The van der Waals surface area contributed by atoms with Gasteiger partial charge in [0.25, 0.3) is 0 Å². The van der Waals surface area contributed by atoms with E-state index in [1.807, 2.05) is 18.3 Å². The molecule has 1 N–H and O–H groups in total. The molecule has 1 aliphatic heterocycles. The van der Waals surface area contributed by atoms with E-state index in [9.17, 15) is 0 Å². The van der Waals surface area contributed by atoms with Gasteiger partial charge in [0.15, 0.2) is 11.6 Å². The maximum atomic E-state index is 5.89. The van der Waals surface area contributed by atoms with Crippen molar-refractivity contribution < 1.29 is 4.74 Å². The number of anilines is 1. The van der Waals surface area contributed by atoms with Crippen molar-refractivity contribution in [1.82, 2.24) is 10.3 Å². The summed E-state index contributed by atoms with van der Waals surface area (Å²) in [4.78, 5) is 7.05. The minimum Gasteiger partial charge on any atom is -0.490 e. The summed E-state index contributed by atoms with van der Waals surface area (Å²) in [6.45, 7) is 8.31. The second-order valence-electron chi connectivity index (χ2n) is 5.72. The normalized spacial score (nSPS) is 18.8. The molecular formula is C17H29N3O. The summed E-state index contributed by atoms with van der Waals surface area (Å²) >= 11 is 0. The van der Waals surface area contributed by atoms with Crippen molar-refractivity contribution in [2.24, 2.45) is 0 Å². The molecule has 0 aromatic carbocycles. The minimum absolute atomic E-state index is 0.532. The summed E-state index contributed by atoms with van der Waals surface area (Å²) < 4.78 is 5.89. The molecule has 1 atom stereocenters. The van der Waals surface area contributed by atoms with Gasteiger partial charge in [0, 0.05) is 25.3 Å². The maximum absolute atomic E-state index is 5.89. The molecule has 4 heteroatoms. The van der Waals surface area contributed by atoms with E-state index in [2.05, 4.69) is 29.0 Å². The van der Waals surface area contributed by atoms with Crippen molar-refractivity contribution in [3.63, 3.8) is 0 Å². The molecule has 0 bridgehead atoms. The summed E-state index contributed by atoms with van der Waals surface area (Å²) in [7, 11) is 0. The standard InChI is InChI=1S/C17H29N3O/c1-3-10-18-14-15-8-5-6-12-20(15)17-16(21-13-4-2)9-7-11-19-17/h7,9,11,15,18H,3-6,8,10,12-14H2,1-2H3. The highest BCUT2D eigenvalue weighted by Crippen LogP contribution is 2.30. The number of piperidine rings is 1. The Bertz CT molecular complexity index is 411. The van der Waals surface area contributed by atoms with Crippen LogP contribution < -0.4 is 15.0 Å². The molecule has 0 saturated carbocycles. The number of nitrogens with zero attached hydrogens (tertiary/aromatic N) is 2. The first-order valence-corrected chi connectivity index (χ1v) is 8.42. The fraction of sp³-hybridized carbons (Fsp3) is 0.706. The van der Waals surface area contributed by atoms with Crippen LogP contribution in [0.3, 0.4) is 0 Å². The highest BCUT2D eigenvalue weighted by molar-refractivity contribution is 5.53. The largest absolute Gasteiger partial charge is 0.490 e. The van der Waals surface area contributed by atoms with Crippen molar-refractivity contribution in [3.05, 3.63) is 18.3 Å². The number of hydrogen-bond donors (Lipinski definition) is 1. The zero-order chi connectivity index (χ0) is 14.9.